The van der Waals surface area contributed by atoms with Gasteiger partial charge in [0.2, 0.25) is 0 Å². The molecule has 0 rings (SSSR count). The number of ether oxygens (including phenoxy) is 7. The zero-order chi connectivity index (χ0) is 29.1. The van der Waals surface area contributed by atoms with Gasteiger partial charge < -0.3 is 67.6 Å². The SMILES string of the molecule is CC(N)COCCOC(C)COCC(C)N.NCCCOCCOCCCN.NCCOCCOCCN. The lowest BCUT2D eigenvalue weighted by molar-refractivity contribution is -0.0319. The van der Waals surface area contributed by atoms with Crippen LogP contribution < -0.4 is 34.4 Å². The lowest BCUT2D eigenvalue weighted by Gasteiger charge is -2.14. The molecule has 0 aromatic carbocycles. The van der Waals surface area contributed by atoms with Crippen LogP contribution in [0.2, 0.25) is 0 Å². The van der Waals surface area contributed by atoms with Crippen LogP contribution in [0.25, 0.3) is 0 Å². The van der Waals surface area contributed by atoms with Gasteiger partial charge in [-0.15, -0.1) is 0 Å². The molecule has 0 saturated heterocycles. The van der Waals surface area contributed by atoms with E-state index in [4.69, 9.17) is 67.6 Å². The molecule has 0 radical (unpaired) electrons. The summed E-state index contributed by atoms with van der Waals surface area (Å²) in [5.41, 5.74) is 32.0. The summed E-state index contributed by atoms with van der Waals surface area (Å²) in [5, 5.41) is 0. The zero-order valence-corrected chi connectivity index (χ0v) is 24.5. The van der Waals surface area contributed by atoms with Crippen LogP contribution in [0.15, 0.2) is 0 Å². The highest BCUT2D eigenvalue weighted by Crippen LogP contribution is 1.93. The third-order valence-electron chi connectivity index (χ3n) is 4.00. The smallest absolute Gasteiger partial charge is 0.0781 e. The molecule has 0 aliphatic rings. The summed E-state index contributed by atoms with van der Waals surface area (Å²) in [5.74, 6) is 0. The number of nitrogens with two attached hydrogens (primary N) is 6. The van der Waals surface area contributed by atoms with E-state index < -0.39 is 0 Å². The standard InChI is InChI=1S/C11H26N2O3.C8H20N2O2.C6H16N2O2/c1-9(12)6-14-4-5-16-11(3)8-15-7-10(2)13;9-3-1-5-11-7-8-12-6-2-4-10;7-1-3-9-5-6-10-4-2-8/h9-11H,4-8,12-13H2,1-3H3;1-10H2;1-8H2. The summed E-state index contributed by atoms with van der Waals surface area (Å²) < 4.78 is 36.6. The van der Waals surface area contributed by atoms with Crippen LogP contribution in [0.4, 0.5) is 0 Å². The predicted octanol–water partition coefficient (Wildman–Crippen LogP) is -1.23. The van der Waals surface area contributed by atoms with Gasteiger partial charge in [-0.1, -0.05) is 0 Å². The number of hydrogen-bond donors (Lipinski definition) is 6. The summed E-state index contributed by atoms with van der Waals surface area (Å²) in [7, 11) is 0. The van der Waals surface area contributed by atoms with Crippen molar-refractivity contribution < 1.29 is 33.2 Å². The van der Waals surface area contributed by atoms with Crippen molar-refractivity contribution in [2.45, 2.75) is 51.8 Å². The van der Waals surface area contributed by atoms with Crippen molar-refractivity contribution in [2.24, 2.45) is 34.4 Å². The van der Waals surface area contributed by atoms with E-state index in [0.717, 1.165) is 26.1 Å². The Hall–Kier alpha value is -0.520. The van der Waals surface area contributed by atoms with Crippen LogP contribution in [0.5, 0.6) is 0 Å². The van der Waals surface area contributed by atoms with Gasteiger partial charge in [-0.2, -0.15) is 0 Å². The molecule has 0 aliphatic heterocycles. The van der Waals surface area contributed by atoms with Crippen molar-refractivity contribution in [2.75, 3.05) is 112 Å². The van der Waals surface area contributed by atoms with Crippen molar-refractivity contribution >= 4 is 0 Å². The summed E-state index contributed by atoms with van der Waals surface area (Å²) in [6.07, 6.45) is 1.91. The average molecular weight is 559 g/mol. The minimum Gasteiger partial charge on any atom is -0.379 e. The Morgan fingerprint density at radius 1 is 0.421 bits per heavy atom. The predicted molar refractivity (Wildman–Crippen MR) is 153 cm³/mol. The molecule has 234 valence electrons. The zero-order valence-electron chi connectivity index (χ0n) is 24.5. The largest absolute Gasteiger partial charge is 0.379 e. The first-order chi connectivity index (χ1) is 18.3. The Labute approximate surface area is 231 Å². The number of hydrogen-bond acceptors (Lipinski definition) is 13. The van der Waals surface area contributed by atoms with E-state index in [1.54, 1.807) is 0 Å². The van der Waals surface area contributed by atoms with Gasteiger partial charge in [0, 0.05) is 38.4 Å². The summed E-state index contributed by atoms with van der Waals surface area (Å²) in [4.78, 5) is 0. The molecule has 3 atom stereocenters. The summed E-state index contributed by atoms with van der Waals surface area (Å²) >= 11 is 0. The monoisotopic (exact) mass is 558 g/mol. The molecule has 13 heteroatoms. The second kappa shape index (κ2) is 38.6. The summed E-state index contributed by atoms with van der Waals surface area (Å²) in [6.45, 7) is 16.3. The van der Waals surface area contributed by atoms with Crippen molar-refractivity contribution in [3.8, 4) is 0 Å². The maximum Gasteiger partial charge on any atom is 0.0781 e. The molecule has 0 heterocycles. The van der Waals surface area contributed by atoms with Crippen LogP contribution in [-0.4, -0.2) is 130 Å². The van der Waals surface area contributed by atoms with E-state index in [1.807, 2.05) is 20.8 Å². The molecule has 0 aliphatic carbocycles. The highest BCUT2D eigenvalue weighted by molar-refractivity contribution is 4.53. The van der Waals surface area contributed by atoms with Crippen molar-refractivity contribution in [1.29, 1.82) is 0 Å². The molecule has 0 aromatic heterocycles. The van der Waals surface area contributed by atoms with E-state index in [-0.39, 0.29) is 18.2 Å². The van der Waals surface area contributed by atoms with Crippen LogP contribution in [0.3, 0.4) is 0 Å². The molecule has 13 nitrogen and oxygen atoms in total. The minimum absolute atomic E-state index is 0.0673. The first kappa shape index (κ1) is 42.0. The van der Waals surface area contributed by atoms with Gasteiger partial charge in [0.1, 0.15) is 0 Å². The van der Waals surface area contributed by atoms with Gasteiger partial charge in [-0.25, -0.2) is 0 Å². The maximum atomic E-state index is 5.55. The van der Waals surface area contributed by atoms with E-state index in [0.29, 0.717) is 98.9 Å². The van der Waals surface area contributed by atoms with E-state index in [2.05, 4.69) is 0 Å². The molecule has 0 fully saturated rings. The molecule has 0 saturated carbocycles. The van der Waals surface area contributed by atoms with Crippen molar-refractivity contribution in [1.82, 2.24) is 0 Å². The van der Waals surface area contributed by atoms with Gasteiger partial charge in [-0.3, -0.25) is 0 Å². The fraction of sp³-hybridized carbons (Fsp3) is 1.00. The second-order valence-electron chi connectivity index (χ2n) is 8.56. The topological polar surface area (TPSA) is 221 Å². The van der Waals surface area contributed by atoms with Gasteiger partial charge in [-0.05, 0) is 46.7 Å². The molecule has 0 bridgehead atoms. The Balaban J connectivity index is -0.000000499. The lowest BCUT2D eigenvalue weighted by Crippen LogP contribution is -2.26. The van der Waals surface area contributed by atoms with E-state index >= 15 is 0 Å². The highest BCUT2D eigenvalue weighted by Gasteiger charge is 2.03. The van der Waals surface area contributed by atoms with Gasteiger partial charge in [0.05, 0.1) is 78.8 Å². The van der Waals surface area contributed by atoms with Gasteiger partial charge >= 0.3 is 0 Å². The van der Waals surface area contributed by atoms with Crippen LogP contribution in [0, 0.1) is 0 Å². The normalized spacial score (nSPS) is 13.2. The highest BCUT2D eigenvalue weighted by atomic mass is 16.6. The average Bonchev–Trinajstić information content (AvgIpc) is 2.88. The molecule has 38 heavy (non-hydrogen) atoms. The molecule has 12 N–H and O–H groups in total. The second-order valence-corrected chi connectivity index (χ2v) is 8.56. The van der Waals surface area contributed by atoms with Gasteiger partial charge in [0.15, 0.2) is 0 Å². The Morgan fingerprint density at radius 2 is 0.816 bits per heavy atom. The Morgan fingerprint density at radius 3 is 1.21 bits per heavy atom. The molecule has 0 spiro atoms. The van der Waals surface area contributed by atoms with Crippen molar-refractivity contribution in [3.05, 3.63) is 0 Å². The Kier molecular flexibility index (Phi) is 42.6. The third kappa shape index (κ3) is 48.5. The van der Waals surface area contributed by atoms with Crippen LogP contribution in [-0.2, 0) is 33.2 Å². The maximum absolute atomic E-state index is 5.55. The fourth-order valence-electron chi connectivity index (χ4n) is 2.23. The van der Waals surface area contributed by atoms with Crippen LogP contribution in [0.1, 0.15) is 33.6 Å². The quantitative estimate of drug-likeness (QED) is 0.0686. The summed E-state index contributed by atoms with van der Waals surface area (Å²) in [6, 6.07) is 0.147. The van der Waals surface area contributed by atoms with E-state index in [1.165, 1.54) is 0 Å². The molecule has 0 amide bonds. The molecular weight excluding hydrogens is 496 g/mol. The molecule has 0 aromatic rings. The van der Waals surface area contributed by atoms with Gasteiger partial charge in [0.25, 0.3) is 0 Å². The Bertz CT molecular complexity index is 385. The fourth-order valence-corrected chi connectivity index (χ4v) is 2.23. The third-order valence-corrected chi connectivity index (χ3v) is 4.00. The first-order valence-electron chi connectivity index (χ1n) is 13.7. The molecule has 3 unspecified atom stereocenters. The minimum atomic E-state index is 0.0673. The van der Waals surface area contributed by atoms with E-state index in [9.17, 15) is 0 Å². The van der Waals surface area contributed by atoms with Crippen LogP contribution >= 0.6 is 0 Å². The first-order valence-corrected chi connectivity index (χ1v) is 13.7. The number of rotatable bonds is 26. The van der Waals surface area contributed by atoms with Crippen molar-refractivity contribution in [3.63, 3.8) is 0 Å². The molecular formula is C25H62N6O7. The lowest BCUT2D eigenvalue weighted by atomic mass is 10.4.